The lowest BCUT2D eigenvalue weighted by atomic mass is 10.3. The highest BCUT2D eigenvalue weighted by atomic mass is 32.1. The fraction of sp³-hybridized carbons (Fsp3) is 0.500. The van der Waals surface area contributed by atoms with Gasteiger partial charge in [0.2, 0.25) is 0 Å². The number of hydrogen-bond donors (Lipinski definition) is 0. The molecule has 0 N–H and O–H groups in total. The minimum atomic E-state index is 0.319. The first kappa shape index (κ1) is 12.8. The molecule has 0 aromatic carbocycles. The van der Waals surface area contributed by atoms with Crippen molar-refractivity contribution in [3.05, 3.63) is 29.0 Å². The van der Waals surface area contributed by atoms with Crippen molar-refractivity contribution in [1.82, 2.24) is 9.88 Å². The Morgan fingerprint density at radius 2 is 2.37 bits per heavy atom. The van der Waals surface area contributed by atoms with Gasteiger partial charge < -0.3 is 9.15 Å². The summed E-state index contributed by atoms with van der Waals surface area (Å²) >= 11 is 1.64. The third-order valence-electron chi connectivity index (χ3n) is 3.21. The summed E-state index contributed by atoms with van der Waals surface area (Å²) in [6.45, 7) is 7.74. The molecule has 0 bridgehead atoms. The van der Waals surface area contributed by atoms with Gasteiger partial charge in [-0.3, -0.25) is 4.90 Å². The molecule has 0 spiro atoms. The third-order valence-corrected chi connectivity index (χ3v) is 4.12. The predicted molar refractivity (Wildman–Crippen MR) is 75.2 cm³/mol. The van der Waals surface area contributed by atoms with Crippen molar-refractivity contribution in [2.24, 2.45) is 0 Å². The van der Waals surface area contributed by atoms with Crippen LogP contribution >= 0.6 is 11.3 Å². The second-order valence-corrected chi connectivity index (χ2v) is 5.83. The van der Waals surface area contributed by atoms with Crippen LogP contribution in [-0.2, 0) is 11.3 Å². The van der Waals surface area contributed by atoms with E-state index in [1.54, 1.807) is 11.3 Å². The van der Waals surface area contributed by atoms with Crippen LogP contribution in [0.25, 0.3) is 10.8 Å². The second-order valence-electron chi connectivity index (χ2n) is 4.97. The van der Waals surface area contributed by atoms with Gasteiger partial charge in [-0.2, -0.15) is 0 Å². The van der Waals surface area contributed by atoms with Gasteiger partial charge in [0.15, 0.2) is 10.8 Å². The maximum atomic E-state index is 5.60. The minimum Gasteiger partial charge on any atom is -0.459 e. The lowest BCUT2D eigenvalue weighted by molar-refractivity contribution is -0.0215. The highest BCUT2D eigenvalue weighted by molar-refractivity contribution is 7.13. The van der Waals surface area contributed by atoms with Crippen molar-refractivity contribution >= 4 is 11.3 Å². The summed E-state index contributed by atoms with van der Waals surface area (Å²) in [5.74, 6) is 1.79. The van der Waals surface area contributed by atoms with Crippen LogP contribution in [0.15, 0.2) is 21.9 Å². The highest BCUT2D eigenvalue weighted by Gasteiger charge is 2.18. The zero-order chi connectivity index (χ0) is 13.2. The van der Waals surface area contributed by atoms with Gasteiger partial charge >= 0.3 is 0 Å². The lowest BCUT2D eigenvalue weighted by Gasteiger charge is -2.30. The number of aryl methyl sites for hydroxylation is 1. The molecule has 2 aromatic heterocycles. The van der Waals surface area contributed by atoms with Crippen molar-refractivity contribution in [2.75, 3.05) is 19.7 Å². The van der Waals surface area contributed by atoms with Gasteiger partial charge in [-0.1, -0.05) is 0 Å². The molecule has 0 saturated carbocycles. The molecule has 3 heterocycles. The fourth-order valence-corrected chi connectivity index (χ4v) is 3.08. The minimum absolute atomic E-state index is 0.319. The Kier molecular flexibility index (Phi) is 3.68. The summed E-state index contributed by atoms with van der Waals surface area (Å²) in [6.07, 6.45) is 0.319. The van der Waals surface area contributed by atoms with Crippen LogP contribution in [0.5, 0.6) is 0 Å². The summed E-state index contributed by atoms with van der Waals surface area (Å²) in [5, 5.41) is 3.08. The number of hydrogen-bond acceptors (Lipinski definition) is 5. The second kappa shape index (κ2) is 5.45. The van der Waals surface area contributed by atoms with Gasteiger partial charge in [-0.15, -0.1) is 11.3 Å². The molecule has 0 radical (unpaired) electrons. The van der Waals surface area contributed by atoms with Gasteiger partial charge in [0, 0.05) is 25.0 Å². The lowest BCUT2D eigenvalue weighted by Crippen LogP contribution is -2.40. The first-order valence-electron chi connectivity index (χ1n) is 6.56. The molecule has 4 nitrogen and oxygen atoms in total. The van der Waals surface area contributed by atoms with E-state index < -0.39 is 0 Å². The van der Waals surface area contributed by atoms with E-state index in [1.165, 1.54) is 0 Å². The van der Waals surface area contributed by atoms with Crippen LogP contribution in [0.3, 0.4) is 0 Å². The van der Waals surface area contributed by atoms with Crippen molar-refractivity contribution in [3.63, 3.8) is 0 Å². The zero-order valence-corrected chi connectivity index (χ0v) is 12.1. The monoisotopic (exact) mass is 278 g/mol. The van der Waals surface area contributed by atoms with E-state index in [2.05, 4.69) is 22.2 Å². The Hall–Kier alpha value is -1.17. The third kappa shape index (κ3) is 3.05. The molecule has 3 rings (SSSR count). The van der Waals surface area contributed by atoms with Crippen molar-refractivity contribution in [1.29, 1.82) is 0 Å². The largest absolute Gasteiger partial charge is 0.459 e. The van der Waals surface area contributed by atoms with Crippen LogP contribution in [0.1, 0.15) is 18.4 Å². The number of aromatic nitrogens is 1. The number of thiazole rings is 1. The molecular formula is C14H18N2O2S. The smallest absolute Gasteiger partial charge is 0.162 e. The van der Waals surface area contributed by atoms with E-state index >= 15 is 0 Å². The summed E-state index contributed by atoms with van der Waals surface area (Å²) < 4.78 is 11.2. The van der Waals surface area contributed by atoms with Gasteiger partial charge in [0.1, 0.15) is 5.76 Å². The van der Waals surface area contributed by atoms with Gasteiger partial charge in [0.25, 0.3) is 0 Å². The Morgan fingerprint density at radius 1 is 1.47 bits per heavy atom. The molecule has 1 aliphatic rings. The molecule has 0 unspecified atom stereocenters. The molecular weight excluding hydrogens is 260 g/mol. The standard InChI is InChI=1S/C14H18N2O2S/c1-10-3-4-13(18-10)14-15-12(9-19-14)8-16-5-6-17-11(2)7-16/h3-4,9,11H,5-8H2,1-2H3/t11-/m0/s1. The first-order valence-corrected chi connectivity index (χ1v) is 7.44. The molecule has 1 saturated heterocycles. The SMILES string of the molecule is Cc1ccc(-c2nc(CN3CCO[C@@H](C)C3)cs2)o1. The van der Waals surface area contributed by atoms with Gasteiger partial charge in [-0.25, -0.2) is 4.98 Å². The maximum absolute atomic E-state index is 5.60. The van der Waals surface area contributed by atoms with Gasteiger partial charge in [-0.05, 0) is 26.0 Å². The average molecular weight is 278 g/mol. The molecule has 0 aliphatic carbocycles. The fourth-order valence-electron chi connectivity index (χ4n) is 2.31. The number of morpholine rings is 1. The quantitative estimate of drug-likeness (QED) is 0.865. The number of rotatable bonds is 3. The first-order chi connectivity index (χ1) is 9.20. The molecule has 0 amide bonds. The molecule has 1 fully saturated rings. The molecule has 1 aliphatic heterocycles. The summed E-state index contributed by atoms with van der Waals surface area (Å²) in [7, 11) is 0. The molecule has 5 heteroatoms. The summed E-state index contributed by atoms with van der Waals surface area (Å²) in [6, 6.07) is 3.95. The number of ether oxygens (including phenoxy) is 1. The average Bonchev–Trinajstić information content (AvgIpc) is 2.98. The van der Waals surface area contributed by atoms with Crippen LogP contribution in [0.2, 0.25) is 0 Å². The van der Waals surface area contributed by atoms with E-state index in [-0.39, 0.29) is 0 Å². The Balaban J connectivity index is 1.68. The maximum Gasteiger partial charge on any atom is 0.162 e. The van der Waals surface area contributed by atoms with E-state index in [0.29, 0.717) is 6.10 Å². The molecule has 102 valence electrons. The molecule has 1 atom stereocenters. The van der Waals surface area contributed by atoms with Crippen LogP contribution in [0.4, 0.5) is 0 Å². The topological polar surface area (TPSA) is 38.5 Å². The summed E-state index contributed by atoms with van der Waals surface area (Å²) in [5.41, 5.74) is 1.11. The van der Waals surface area contributed by atoms with Crippen molar-refractivity contribution in [3.8, 4) is 10.8 Å². The van der Waals surface area contributed by atoms with Crippen LogP contribution < -0.4 is 0 Å². The molecule has 2 aromatic rings. The Morgan fingerprint density at radius 3 is 3.11 bits per heavy atom. The Labute approximate surface area is 117 Å². The molecule has 19 heavy (non-hydrogen) atoms. The van der Waals surface area contributed by atoms with E-state index in [9.17, 15) is 0 Å². The van der Waals surface area contributed by atoms with E-state index in [4.69, 9.17) is 9.15 Å². The van der Waals surface area contributed by atoms with E-state index in [1.807, 2.05) is 19.1 Å². The zero-order valence-electron chi connectivity index (χ0n) is 11.3. The van der Waals surface area contributed by atoms with Crippen LogP contribution in [0, 0.1) is 6.92 Å². The van der Waals surface area contributed by atoms with E-state index in [0.717, 1.165) is 48.5 Å². The number of furan rings is 1. The predicted octanol–water partition coefficient (Wildman–Crippen LogP) is 2.93. The van der Waals surface area contributed by atoms with Crippen molar-refractivity contribution in [2.45, 2.75) is 26.5 Å². The normalized spacial score (nSPS) is 20.8. The highest BCUT2D eigenvalue weighted by Crippen LogP contribution is 2.26. The number of nitrogens with zero attached hydrogens (tertiary/aromatic N) is 2. The summed E-state index contributed by atoms with van der Waals surface area (Å²) in [4.78, 5) is 7.04. The van der Waals surface area contributed by atoms with Gasteiger partial charge in [0.05, 0.1) is 18.4 Å². The Bertz CT molecular complexity index is 549. The van der Waals surface area contributed by atoms with Crippen LogP contribution in [-0.4, -0.2) is 35.7 Å². The van der Waals surface area contributed by atoms with Crippen molar-refractivity contribution < 1.29 is 9.15 Å².